The van der Waals surface area contributed by atoms with Crippen LogP contribution in [0.1, 0.15) is 0 Å². The number of halogens is 2. The maximum atomic E-state index is 12.0. The lowest BCUT2D eigenvalue weighted by atomic mass is 10.2. The van der Waals surface area contributed by atoms with Gasteiger partial charge in [-0.25, -0.2) is 9.36 Å². The summed E-state index contributed by atoms with van der Waals surface area (Å²) in [5.74, 6) is -0.660. The molecule has 0 aliphatic carbocycles. The highest BCUT2D eigenvalue weighted by Crippen LogP contribution is 2.33. The second-order valence-electron chi connectivity index (χ2n) is 4.19. The van der Waals surface area contributed by atoms with Crippen molar-refractivity contribution in [2.45, 2.75) is 0 Å². The van der Waals surface area contributed by atoms with Crippen molar-refractivity contribution in [1.82, 2.24) is 4.57 Å². The van der Waals surface area contributed by atoms with Gasteiger partial charge < -0.3 is 15.3 Å². The van der Waals surface area contributed by atoms with E-state index >= 15 is 0 Å². The lowest BCUT2D eigenvalue weighted by Crippen LogP contribution is -2.13. The van der Waals surface area contributed by atoms with Crippen molar-refractivity contribution >= 4 is 40.0 Å². The van der Waals surface area contributed by atoms with Crippen molar-refractivity contribution < 1.29 is 9.52 Å². The van der Waals surface area contributed by atoms with Gasteiger partial charge in [-0.15, -0.1) is 0 Å². The monoisotopic (exact) mass is 310 g/mol. The van der Waals surface area contributed by atoms with Crippen LogP contribution in [0.4, 0.5) is 5.69 Å². The van der Waals surface area contributed by atoms with Crippen LogP contribution in [0.3, 0.4) is 0 Å². The number of nitrogen functional groups attached to an aromatic ring is 1. The molecule has 0 saturated heterocycles. The van der Waals surface area contributed by atoms with Gasteiger partial charge in [-0.1, -0.05) is 23.2 Å². The minimum absolute atomic E-state index is 0.00657. The van der Waals surface area contributed by atoms with Crippen LogP contribution in [-0.2, 0) is 0 Å². The Hall–Kier alpha value is -2.11. The van der Waals surface area contributed by atoms with E-state index in [2.05, 4.69) is 0 Å². The zero-order valence-electron chi connectivity index (χ0n) is 9.93. The molecule has 0 spiro atoms. The molecule has 3 aromatic rings. The van der Waals surface area contributed by atoms with Gasteiger partial charge in [0.2, 0.25) is 0 Å². The van der Waals surface area contributed by atoms with Gasteiger partial charge in [-0.05, 0) is 24.3 Å². The number of aromatic hydroxyl groups is 1. The molecular weight excluding hydrogens is 303 g/mol. The summed E-state index contributed by atoms with van der Waals surface area (Å²) < 4.78 is 6.31. The van der Waals surface area contributed by atoms with Crippen molar-refractivity contribution in [1.29, 1.82) is 0 Å². The van der Waals surface area contributed by atoms with Gasteiger partial charge in [0.1, 0.15) is 5.75 Å². The van der Waals surface area contributed by atoms with Gasteiger partial charge >= 0.3 is 5.76 Å². The molecule has 0 aliphatic heterocycles. The summed E-state index contributed by atoms with van der Waals surface area (Å²) in [6.45, 7) is 0. The smallest absolute Gasteiger partial charge is 0.424 e. The normalized spacial score (nSPS) is 11.1. The molecule has 20 heavy (non-hydrogen) atoms. The Kier molecular flexibility index (Phi) is 2.88. The largest absolute Gasteiger partial charge is 0.508 e. The van der Waals surface area contributed by atoms with Gasteiger partial charge in [0.25, 0.3) is 0 Å². The number of anilines is 1. The van der Waals surface area contributed by atoms with Crippen LogP contribution in [0.25, 0.3) is 16.8 Å². The van der Waals surface area contributed by atoms with E-state index in [9.17, 15) is 9.90 Å². The average molecular weight is 311 g/mol. The van der Waals surface area contributed by atoms with E-state index in [0.29, 0.717) is 11.2 Å². The van der Waals surface area contributed by atoms with E-state index in [1.54, 1.807) is 6.07 Å². The predicted molar refractivity (Wildman–Crippen MR) is 77.9 cm³/mol. The minimum atomic E-state index is -0.654. The Morgan fingerprint density at radius 2 is 1.80 bits per heavy atom. The summed E-state index contributed by atoms with van der Waals surface area (Å²) in [6.07, 6.45) is 0. The van der Waals surface area contributed by atoms with Crippen molar-refractivity contribution in [3.8, 4) is 11.4 Å². The Balaban J connectivity index is 2.41. The maximum Gasteiger partial charge on any atom is 0.424 e. The fourth-order valence-corrected chi connectivity index (χ4v) is 2.69. The molecule has 0 aliphatic rings. The van der Waals surface area contributed by atoms with Crippen LogP contribution in [0.5, 0.6) is 5.75 Å². The molecule has 102 valence electrons. The number of phenols is 1. The summed E-state index contributed by atoms with van der Waals surface area (Å²) in [4.78, 5) is 12.0. The molecule has 1 aromatic heterocycles. The quantitative estimate of drug-likeness (QED) is 0.676. The van der Waals surface area contributed by atoms with Crippen molar-refractivity contribution in [3.05, 3.63) is 50.9 Å². The van der Waals surface area contributed by atoms with E-state index in [4.69, 9.17) is 33.4 Å². The first kappa shape index (κ1) is 12.9. The molecule has 3 N–H and O–H groups in total. The molecule has 1 heterocycles. The number of phenolic OH excluding ortho intramolecular Hbond substituents is 1. The number of fused-ring (bicyclic) bond motifs is 1. The van der Waals surface area contributed by atoms with E-state index in [0.717, 1.165) is 0 Å². The van der Waals surface area contributed by atoms with Crippen molar-refractivity contribution in [2.75, 3.05) is 5.73 Å². The average Bonchev–Trinajstić information content (AvgIpc) is 2.64. The van der Waals surface area contributed by atoms with Gasteiger partial charge in [0, 0.05) is 11.8 Å². The summed E-state index contributed by atoms with van der Waals surface area (Å²) in [5, 5.41) is 9.87. The maximum absolute atomic E-state index is 12.0. The lowest BCUT2D eigenvalue weighted by molar-refractivity contribution is 0.473. The highest BCUT2D eigenvalue weighted by atomic mass is 35.5. The molecule has 0 amide bonds. The summed E-state index contributed by atoms with van der Waals surface area (Å²) >= 11 is 12.2. The van der Waals surface area contributed by atoms with E-state index in [1.807, 2.05) is 0 Å². The third-order valence-corrected chi connectivity index (χ3v) is 3.40. The molecule has 3 rings (SSSR count). The van der Waals surface area contributed by atoms with Crippen molar-refractivity contribution in [2.24, 2.45) is 0 Å². The Labute approximate surface area is 122 Å². The number of nitrogens with two attached hydrogens (primary N) is 1. The molecule has 7 heteroatoms. The highest BCUT2D eigenvalue weighted by Gasteiger charge is 2.17. The number of nitrogens with zero attached hydrogens (tertiary/aromatic N) is 1. The van der Waals surface area contributed by atoms with Crippen LogP contribution in [0, 0.1) is 0 Å². The summed E-state index contributed by atoms with van der Waals surface area (Å²) in [7, 11) is 0. The van der Waals surface area contributed by atoms with Gasteiger partial charge in [0.15, 0.2) is 5.58 Å². The van der Waals surface area contributed by atoms with E-state index in [-0.39, 0.29) is 27.1 Å². The van der Waals surface area contributed by atoms with Crippen LogP contribution in [-0.4, -0.2) is 9.67 Å². The predicted octanol–water partition coefficient (Wildman–Crippen LogP) is 3.18. The van der Waals surface area contributed by atoms with Gasteiger partial charge in [-0.3, -0.25) is 0 Å². The third-order valence-electron chi connectivity index (χ3n) is 2.83. The first-order valence-electron chi connectivity index (χ1n) is 5.57. The second-order valence-corrected chi connectivity index (χ2v) is 5.00. The molecule has 2 aromatic carbocycles. The standard InChI is InChI=1S/C13H8Cl2N2O3/c14-8-3-6(16)4-9(15)12(8)17-10-2-1-7(18)5-11(10)20-13(17)19/h1-5,18H,16H2. The Morgan fingerprint density at radius 3 is 2.45 bits per heavy atom. The van der Waals surface area contributed by atoms with Gasteiger partial charge in [-0.2, -0.15) is 0 Å². The number of rotatable bonds is 1. The SMILES string of the molecule is Nc1cc(Cl)c(-n2c(=O)oc3cc(O)ccc32)c(Cl)c1. The lowest BCUT2D eigenvalue weighted by Gasteiger charge is -2.08. The van der Waals surface area contributed by atoms with E-state index < -0.39 is 5.76 Å². The molecule has 0 atom stereocenters. The number of hydrogen-bond acceptors (Lipinski definition) is 4. The van der Waals surface area contributed by atoms with Crippen molar-refractivity contribution in [3.63, 3.8) is 0 Å². The molecule has 0 unspecified atom stereocenters. The molecule has 0 fully saturated rings. The zero-order valence-corrected chi connectivity index (χ0v) is 11.4. The topological polar surface area (TPSA) is 81.4 Å². The molecule has 0 radical (unpaired) electrons. The Bertz CT molecular complexity index is 860. The molecule has 0 saturated carbocycles. The minimum Gasteiger partial charge on any atom is -0.508 e. The molecule has 0 bridgehead atoms. The number of hydrogen-bond donors (Lipinski definition) is 2. The first-order chi connectivity index (χ1) is 9.47. The van der Waals surface area contributed by atoms with Crippen LogP contribution >= 0.6 is 23.2 Å². The van der Waals surface area contributed by atoms with Crippen LogP contribution in [0.2, 0.25) is 10.0 Å². The highest BCUT2D eigenvalue weighted by molar-refractivity contribution is 6.38. The van der Waals surface area contributed by atoms with Crippen LogP contribution < -0.4 is 11.5 Å². The number of oxazole rings is 1. The number of benzene rings is 2. The van der Waals surface area contributed by atoms with Crippen LogP contribution in [0.15, 0.2) is 39.5 Å². The summed E-state index contributed by atoms with van der Waals surface area (Å²) in [5.41, 5.74) is 7.00. The molecule has 5 nitrogen and oxygen atoms in total. The summed E-state index contributed by atoms with van der Waals surface area (Å²) in [6, 6.07) is 7.31. The third kappa shape index (κ3) is 1.92. The number of aromatic nitrogens is 1. The van der Waals surface area contributed by atoms with Gasteiger partial charge in [0.05, 0.1) is 21.2 Å². The van der Waals surface area contributed by atoms with E-state index in [1.165, 1.54) is 28.8 Å². The zero-order chi connectivity index (χ0) is 14.4. The fourth-order valence-electron chi connectivity index (χ4n) is 2.02. The molecular formula is C13H8Cl2N2O3. The fraction of sp³-hybridized carbons (Fsp3) is 0. The first-order valence-corrected chi connectivity index (χ1v) is 6.32. The Morgan fingerprint density at radius 1 is 1.15 bits per heavy atom. The second kappa shape index (κ2) is 4.47.